The summed E-state index contributed by atoms with van der Waals surface area (Å²) in [5.41, 5.74) is 1.06. The molecule has 32 heavy (non-hydrogen) atoms. The van der Waals surface area contributed by atoms with Gasteiger partial charge in [0.2, 0.25) is 0 Å². The molecule has 0 saturated carbocycles. The maximum absolute atomic E-state index is 10.3. The minimum atomic E-state index is -0.718. The minimum absolute atomic E-state index is 0.218. The van der Waals surface area contributed by atoms with Crippen LogP contribution in [0.25, 0.3) is 0 Å². The maximum Gasteiger partial charge on any atom is 0.130 e. The molecule has 2 N–H and O–H groups in total. The van der Waals surface area contributed by atoms with Crippen molar-refractivity contribution >= 4 is 25.3 Å². The van der Waals surface area contributed by atoms with Crippen molar-refractivity contribution in [1.82, 2.24) is 0 Å². The summed E-state index contributed by atoms with van der Waals surface area (Å²) >= 11 is 8.47. The Kier molecular flexibility index (Phi) is 9.02. The van der Waals surface area contributed by atoms with E-state index in [1.54, 1.807) is 0 Å². The SMILES string of the molecule is CC(C)(c1ccc(OCC(O)C(C)(C)CS)cc1)c1ccc(OC(C)(C)C(O)CS)cc1. The highest BCUT2D eigenvalue weighted by Crippen LogP contribution is 2.34. The third kappa shape index (κ3) is 6.60. The fraction of sp³-hybridized carbons (Fsp3) is 0.538. The quantitative estimate of drug-likeness (QED) is 0.337. The zero-order valence-electron chi connectivity index (χ0n) is 20.0. The summed E-state index contributed by atoms with van der Waals surface area (Å²) in [5.74, 6) is 2.36. The van der Waals surface area contributed by atoms with Crippen LogP contribution in [-0.2, 0) is 5.41 Å². The Bertz CT molecular complexity index is 845. The predicted octanol–water partition coefficient (Wildman–Crippen LogP) is 5.16. The van der Waals surface area contributed by atoms with Crippen LogP contribution < -0.4 is 9.47 Å². The van der Waals surface area contributed by atoms with Gasteiger partial charge in [-0.25, -0.2) is 0 Å². The first kappa shape index (κ1) is 26.9. The number of aliphatic hydroxyl groups is 2. The summed E-state index contributed by atoms with van der Waals surface area (Å²) in [5, 5.41) is 20.4. The fourth-order valence-electron chi connectivity index (χ4n) is 3.17. The summed E-state index contributed by atoms with van der Waals surface area (Å²) in [6.45, 7) is 12.2. The first-order chi connectivity index (χ1) is 14.8. The van der Waals surface area contributed by atoms with Crippen LogP contribution in [-0.4, -0.2) is 46.1 Å². The van der Waals surface area contributed by atoms with E-state index in [4.69, 9.17) is 9.47 Å². The van der Waals surface area contributed by atoms with Crippen LogP contribution in [0.3, 0.4) is 0 Å². The van der Waals surface area contributed by atoms with Gasteiger partial charge < -0.3 is 19.7 Å². The lowest BCUT2D eigenvalue weighted by atomic mass is 9.78. The number of aliphatic hydroxyl groups excluding tert-OH is 2. The van der Waals surface area contributed by atoms with Crippen LogP contribution in [0, 0.1) is 5.41 Å². The van der Waals surface area contributed by atoms with E-state index in [9.17, 15) is 10.2 Å². The van der Waals surface area contributed by atoms with Crippen molar-refractivity contribution in [1.29, 1.82) is 0 Å². The van der Waals surface area contributed by atoms with Gasteiger partial charge in [-0.2, -0.15) is 25.3 Å². The van der Waals surface area contributed by atoms with Crippen molar-refractivity contribution < 1.29 is 19.7 Å². The van der Waals surface area contributed by atoms with E-state index in [1.165, 1.54) is 0 Å². The second kappa shape index (κ2) is 10.7. The first-order valence-corrected chi connectivity index (χ1v) is 12.2. The summed E-state index contributed by atoms with van der Waals surface area (Å²) in [6.07, 6.45) is -1.25. The standard InChI is InChI=1S/C26H38O4S2/c1-24(2,17-32)22(27)15-29-20-11-7-18(8-12-20)25(3,4)19-9-13-21(14-10-19)30-26(5,6)23(28)16-31/h7-14,22-23,27-28,31-32H,15-17H2,1-6H3. The molecule has 0 spiro atoms. The molecule has 178 valence electrons. The molecular formula is C26H38O4S2. The topological polar surface area (TPSA) is 58.9 Å². The molecule has 0 saturated heterocycles. The molecular weight excluding hydrogens is 440 g/mol. The highest BCUT2D eigenvalue weighted by molar-refractivity contribution is 7.80. The Morgan fingerprint density at radius 1 is 0.750 bits per heavy atom. The maximum atomic E-state index is 10.3. The largest absolute Gasteiger partial charge is 0.491 e. The predicted molar refractivity (Wildman–Crippen MR) is 139 cm³/mol. The Balaban J connectivity index is 2.08. The van der Waals surface area contributed by atoms with E-state index in [1.807, 2.05) is 52.0 Å². The Labute approximate surface area is 204 Å². The van der Waals surface area contributed by atoms with Gasteiger partial charge in [-0.05, 0) is 55.0 Å². The lowest BCUT2D eigenvalue weighted by Gasteiger charge is -2.31. The van der Waals surface area contributed by atoms with Gasteiger partial charge in [0.05, 0.1) is 6.10 Å². The molecule has 0 radical (unpaired) electrons. The smallest absolute Gasteiger partial charge is 0.130 e. The molecule has 0 heterocycles. The van der Waals surface area contributed by atoms with Gasteiger partial charge in [-0.3, -0.25) is 0 Å². The minimum Gasteiger partial charge on any atom is -0.491 e. The van der Waals surface area contributed by atoms with Gasteiger partial charge in [0.15, 0.2) is 0 Å². The molecule has 0 aromatic heterocycles. The van der Waals surface area contributed by atoms with Crippen molar-refractivity contribution in [3.63, 3.8) is 0 Å². The van der Waals surface area contributed by atoms with Crippen LogP contribution >= 0.6 is 25.3 Å². The van der Waals surface area contributed by atoms with Gasteiger partial charge in [0.25, 0.3) is 0 Å². The molecule has 2 aromatic carbocycles. The molecule has 2 aromatic rings. The molecule has 2 unspecified atom stereocenters. The number of benzene rings is 2. The van der Waals surface area contributed by atoms with E-state index in [-0.39, 0.29) is 17.4 Å². The van der Waals surface area contributed by atoms with Gasteiger partial charge in [0, 0.05) is 16.6 Å². The molecule has 0 amide bonds. The average molecular weight is 479 g/mol. The number of rotatable bonds is 11. The first-order valence-electron chi connectivity index (χ1n) is 10.9. The van der Waals surface area contributed by atoms with Crippen molar-refractivity contribution in [2.24, 2.45) is 5.41 Å². The number of hydrogen-bond acceptors (Lipinski definition) is 6. The summed E-state index contributed by atoms with van der Waals surface area (Å²) in [4.78, 5) is 0. The molecule has 6 heteroatoms. The molecule has 0 aliphatic carbocycles. The lowest BCUT2D eigenvalue weighted by molar-refractivity contribution is -0.0147. The third-order valence-corrected chi connectivity index (χ3v) is 7.39. The second-order valence-corrected chi connectivity index (χ2v) is 10.7. The molecule has 2 atom stereocenters. The van der Waals surface area contributed by atoms with Crippen molar-refractivity contribution in [3.8, 4) is 11.5 Å². The van der Waals surface area contributed by atoms with E-state index < -0.39 is 17.8 Å². The van der Waals surface area contributed by atoms with Crippen LogP contribution in [0.2, 0.25) is 0 Å². The molecule has 0 aliphatic heterocycles. The number of ether oxygens (including phenoxy) is 2. The van der Waals surface area contributed by atoms with Gasteiger partial charge in [0.1, 0.15) is 29.8 Å². The van der Waals surface area contributed by atoms with E-state index in [2.05, 4.69) is 63.4 Å². The number of thiol groups is 2. The summed E-state index contributed by atoms with van der Waals surface area (Å²) in [6, 6.07) is 16.0. The van der Waals surface area contributed by atoms with Gasteiger partial charge in [-0.1, -0.05) is 52.0 Å². The summed E-state index contributed by atoms with van der Waals surface area (Å²) in [7, 11) is 0. The average Bonchev–Trinajstić information content (AvgIpc) is 2.77. The highest BCUT2D eigenvalue weighted by atomic mass is 32.1. The highest BCUT2D eigenvalue weighted by Gasteiger charge is 2.30. The van der Waals surface area contributed by atoms with Crippen LogP contribution in [0.1, 0.15) is 52.7 Å². The van der Waals surface area contributed by atoms with Crippen molar-refractivity contribution in [3.05, 3.63) is 59.7 Å². The molecule has 0 aliphatic rings. The van der Waals surface area contributed by atoms with Gasteiger partial charge in [-0.15, -0.1) is 0 Å². The second-order valence-electron chi connectivity index (χ2n) is 10.1. The Morgan fingerprint density at radius 3 is 1.66 bits per heavy atom. The van der Waals surface area contributed by atoms with Crippen LogP contribution in [0.5, 0.6) is 11.5 Å². The third-order valence-electron chi connectivity index (χ3n) is 6.23. The van der Waals surface area contributed by atoms with E-state index in [0.717, 1.165) is 16.9 Å². The molecule has 2 rings (SSSR count). The van der Waals surface area contributed by atoms with Crippen LogP contribution in [0.4, 0.5) is 0 Å². The van der Waals surface area contributed by atoms with Gasteiger partial charge >= 0.3 is 0 Å². The molecule has 0 fully saturated rings. The fourth-order valence-corrected chi connectivity index (χ4v) is 3.82. The molecule has 0 bridgehead atoms. The normalized spacial score (nSPS) is 14.7. The van der Waals surface area contributed by atoms with Crippen LogP contribution in [0.15, 0.2) is 48.5 Å². The van der Waals surface area contributed by atoms with Crippen molar-refractivity contribution in [2.75, 3.05) is 18.1 Å². The van der Waals surface area contributed by atoms with E-state index >= 15 is 0 Å². The Morgan fingerprint density at radius 2 is 1.22 bits per heavy atom. The summed E-state index contributed by atoms with van der Waals surface area (Å²) < 4.78 is 11.8. The zero-order chi connectivity index (χ0) is 24.2. The lowest BCUT2D eigenvalue weighted by Crippen LogP contribution is -2.43. The van der Waals surface area contributed by atoms with Crippen molar-refractivity contribution in [2.45, 2.75) is 64.8 Å². The monoisotopic (exact) mass is 478 g/mol. The Hall–Kier alpha value is -1.34. The zero-order valence-corrected chi connectivity index (χ0v) is 21.8. The number of hydrogen-bond donors (Lipinski definition) is 4. The van der Waals surface area contributed by atoms with E-state index in [0.29, 0.717) is 17.3 Å². The molecule has 4 nitrogen and oxygen atoms in total.